The second-order valence-electron chi connectivity index (χ2n) is 8.17. The molecule has 3 aromatic rings. The Labute approximate surface area is 170 Å². The fourth-order valence-corrected chi connectivity index (χ4v) is 6.12. The molecule has 0 bridgehead atoms. The average molecular weight is 394 g/mol. The number of aryl methyl sites for hydroxylation is 3. The minimum atomic E-state index is -0.371. The summed E-state index contributed by atoms with van der Waals surface area (Å²) in [7, 11) is 0. The number of hydrogen-bond donors (Lipinski definition) is 1. The molecule has 2 aliphatic rings. The highest BCUT2D eigenvalue weighted by atomic mass is 32.1. The number of aliphatic hydroxyl groups excluding tert-OH is 1. The van der Waals surface area contributed by atoms with E-state index < -0.39 is 0 Å². The molecule has 2 aromatic heterocycles. The predicted molar refractivity (Wildman–Crippen MR) is 115 cm³/mol. The molecule has 0 spiro atoms. The summed E-state index contributed by atoms with van der Waals surface area (Å²) < 4.78 is 0. The zero-order chi connectivity index (χ0) is 19.1. The summed E-state index contributed by atoms with van der Waals surface area (Å²) in [6, 6.07) is 10.1. The van der Waals surface area contributed by atoms with Gasteiger partial charge in [-0.15, -0.1) is 11.3 Å². The number of thiophene rings is 1. The van der Waals surface area contributed by atoms with Gasteiger partial charge in [-0.05, 0) is 62.5 Å². The lowest BCUT2D eigenvalue weighted by Crippen LogP contribution is -2.36. The molecule has 0 amide bonds. The molecule has 1 fully saturated rings. The summed E-state index contributed by atoms with van der Waals surface area (Å²) >= 11 is 1.88. The van der Waals surface area contributed by atoms with Crippen LogP contribution in [0.3, 0.4) is 0 Å². The van der Waals surface area contributed by atoms with Gasteiger partial charge >= 0.3 is 0 Å². The maximum atomic E-state index is 10.8. The van der Waals surface area contributed by atoms with E-state index in [-0.39, 0.29) is 6.10 Å². The predicted octanol–water partition coefficient (Wildman–Crippen LogP) is 4.83. The molecule has 4 nitrogen and oxygen atoms in total. The van der Waals surface area contributed by atoms with E-state index in [9.17, 15) is 5.11 Å². The Balaban J connectivity index is 1.41. The van der Waals surface area contributed by atoms with Crippen molar-refractivity contribution in [2.24, 2.45) is 5.92 Å². The van der Waals surface area contributed by atoms with Crippen LogP contribution >= 0.6 is 11.3 Å². The molecule has 1 aromatic carbocycles. The zero-order valence-corrected chi connectivity index (χ0v) is 17.2. The maximum absolute atomic E-state index is 10.8. The molecule has 1 aliphatic carbocycles. The van der Waals surface area contributed by atoms with Gasteiger partial charge in [0.05, 0.1) is 11.5 Å². The van der Waals surface area contributed by atoms with Crippen LogP contribution in [0.4, 0.5) is 5.82 Å². The first-order chi connectivity index (χ1) is 13.7. The van der Waals surface area contributed by atoms with E-state index in [4.69, 9.17) is 9.97 Å². The van der Waals surface area contributed by atoms with Gasteiger partial charge < -0.3 is 10.0 Å². The van der Waals surface area contributed by atoms with Gasteiger partial charge in [0, 0.05) is 18.0 Å². The molecule has 0 saturated carbocycles. The molecule has 1 atom stereocenters. The summed E-state index contributed by atoms with van der Waals surface area (Å²) in [4.78, 5) is 14.8. The number of nitrogens with zero attached hydrogens (tertiary/aromatic N) is 3. The van der Waals surface area contributed by atoms with E-state index in [0.717, 1.165) is 49.6 Å². The van der Waals surface area contributed by atoms with E-state index >= 15 is 0 Å². The van der Waals surface area contributed by atoms with Gasteiger partial charge in [0.15, 0.2) is 0 Å². The molecule has 5 heteroatoms. The van der Waals surface area contributed by atoms with Gasteiger partial charge in [-0.2, -0.15) is 0 Å². The molecule has 146 valence electrons. The maximum Gasteiger partial charge on any atom is 0.141 e. The Hall–Kier alpha value is -1.98. The summed E-state index contributed by atoms with van der Waals surface area (Å²) in [6.07, 6.45) is 6.55. The largest absolute Gasteiger partial charge is 0.388 e. The van der Waals surface area contributed by atoms with Crippen LogP contribution in [-0.4, -0.2) is 28.2 Å². The number of aliphatic hydroxyl groups is 1. The number of piperidine rings is 1. The highest BCUT2D eigenvalue weighted by Gasteiger charge is 2.29. The van der Waals surface area contributed by atoms with Crippen molar-refractivity contribution in [3.8, 4) is 0 Å². The number of anilines is 1. The van der Waals surface area contributed by atoms with Crippen molar-refractivity contribution in [2.45, 2.75) is 51.6 Å². The van der Waals surface area contributed by atoms with Gasteiger partial charge in [-0.1, -0.05) is 30.3 Å². The fourth-order valence-electron chi connectivity index (χ4n) is 4.82. The van der Waals surface area contributed by atoms with Crippen LogP contribution < -0.4 is 4.90 Å². The van der Waals surface area contributed by atoms with Crippen LogP contribution in [-0.2, 0) is 12.8 Å². The minimum Gasteiger partial charge on any atom is -0.388 e. The van der Waals surface area contributed by atoms with Crippen molar-refractivity contribution in [3.63, 3.8) is 0 Å². The molecule has 0 unspecified atom stereocenters. The smallest absolute Gasteiger partial charge is 0.141 e. The number of hydrogen-bond acceptors (Lipinski definition) is 5. The lowest BCUT2D eigenvalue weighted by Gasteiger charge is -2.35. The molecule has 5 rings (SSSR count). The topological polar surface area (TPSA) is 49.2 Å². The van der Waals surface area contributed by atoms with Gasteiger partial charge in [0.1, 0.15) is 16.5 Å². The van der Waals surface area contributed by atoms with Gasteiger partial charge in [-0.3, -0.25) is 0 Å². The number of rotatable bonds is 3. The summed E-state index contributed by atoms with van der Waals surface area (Å²) in [6.45, 7) is 3.91. The molecule has 28 heavy (non-hydrogen) atoms. The van der Waals surface area contributed by atoms with Crippen molar-refractivity contribution in [1.29, 1.82) is 0 Å². The fraction of sp³-hybridized carbons (Fsp3) is 0.478. The second-order valence-corrected chi connectivity index (χ2v) is 9.25. The molecule has 3 heterocycles. The molecule has 0 radical (unpaired) electrons. The van der Waals surface area contributed by atoms with E-state index in [1.165, 1.54) is 39.9 Å². The standard InChI is InChI=1S/C23H27N3OS/c1-15-24-22(20-18-9-5-6-10-19(18)28-23(20)25-15)26-13-11-17(12-14-26)21(27)16-7-3-2-4-8-16/h2-4,7-8,17,21,27H,5-6,9-14H2,1H3/t21-/m1/s1. The highest BCUT2D eigenvalue weighted by Crippen LogP contribution is 2.41. The third-order valence-electron chi connectivity index (χ3n) is 6.33. The third-order valence-corrected chi connectivity index (χ3v) is 7.52. The minimum absolute atomic E-state index is 0.313. The second kappa shape index (κ2) is 7.45. The van der Waals surface area contributed by atoms with Crippen molar-refractivity contribution in [1.82, 2.24) is 9.97 Å². The Bertz CT molecular complexity index is 976. The normalized spacial score (nSPS) is 19.0. The summed E-state index contributed by atoms with van der Waals surface area (Å²) in [5, 5.41) is 12.1. The van der Waals surface area contributed by atoms with Gasteiger partial charge in [-0.25, -0.2) is 9.97 Å². The van der Waals surface area contributed by atoms with Crippen LogP contribution in [0, 0.1) is 12.8 Å². The Morgan fingerprint density at radius 2 is 1.82 bits per heavy atom. The highest BCUT2D eigenvalue weighted by molar-refractivity contribution is 7.19. The van der Waals surface area contributed by atoms with Crippen molar-refractivity contribution in [3.05, 3.63) is 52.2 Å². The molecular weight excluding hydrogens is 366 g/mol. The first-order valence-electron chi connectivity index (χ1n) is 10.5. The molecule has 1 aliphatic heterocycles. The van der Waals surface area contributed by atoms with Crippen LogP contribution in [0.1, 0.15) is 53.6 Å². The van der Waals surface area contributed by atoms with Crippen molar-refractivity contribution >= 4 is 27.4 Å². The Morgan fingerprint density at radius 3 is 2.61 bits per heavy atom. The van der Waals surface area contributed by atoms with Crippen LogP contribution in [0.15, 0.2) is 30.3 Å². The average Bonchev–Trinajstić information content (AvgIpc) is 3.11. The van der Waals surface area contributed by atoms with Crippen molar-refractivity contribution in [2.75, 3.05) is 18.0 Å². The summed E-state index contributed by atoms with van der Waals surface area (Å²) in [5.41, 5.74) is 2.54. The third kappa shape index (κ3) is 3.20. The van der Waals surface area contributed by atoms with Crippen LogP contribution in [0.25, 0.3) is 10.2 Å². The quantitative estimate of drug-likeness (QED) is 0.692. The van der Waals surface area contributed by atoms with Crippen molar-refractivity contribution < 1.29 is 5.11 Å². The first kappa shape index (κ1) is 18.1. The van der Waals surface area contributed by atoms with Crippen LogP contribution in [0.2, 0.25) is 0 Å². The van der Waals surface area contributed by atoms with Gasteiger partial charge in [0.25, 0.3) is 0 Å². The van der Waals surface area contributed by atoms with E-state index in [2.05, 4.69) is 4.90 Å². The Kier molecular flexibility index (Phi) is 4.81. The first-order valence-corrected chi connectivity index (χ1v) is 11.3. The van der Waals surface area contributed by atoms with E-state index in [0.29, 0.717) is 5.92 Å². The Morgan fingerprint density at radius 1 is 1.07 bits per heavy atom. The number of benzene rings is 1. The van der Waals surface area contributed by atoms with E-state index in [1.54, 1.807) is 0 Å². The lowest BCUT2D eigenvalue weighted by molar-refractivity contribution is 0.0929. The SMILES string of the molecule is Cc1nc(N2CCC([C@H](O)c3ccccc3)CC2)c2c3c(sc2n1)CCCC3. The van der Waals surface area contributed by atoms with Crippen LogP contribution in [0.5, 0.6) is 0 Å². The van der Waals surface area contributed by atoms with E-state index in [1.807, 2.05) is 48.6 Å². The molecule has 1 saturated heterocycles. The molecule has 1 N–H and O–H groups in total. The number of aromatic nitrogens is 2. The zero-order valence-electron chi connectivity index (χ0n) is 16.4. The van der Waals surface area contributed by atoms with Gasteiger partial charge in [0.2, 0.25) is 0 Å². The summed E-state index contributed by atoms with van der Waals surface area (Å²) in [5.74, 6) is 2.32. The monoisotopic (exact) mass is 393 g/mol. The molecular formula is C23H27N3OS. The lowest BCUT2D eigenvalue weighted by atomic mass is 9.87. The number of fused-ring (bicyclic) bond motifs is 3.